The van der Waals surface area contributed by atoms with E-state index in [0.717, 1.165) is 11.5 Å². The van der Waals surface area contributed by atoms with Crippen LogP contribution in [-0.2, 0) is 10.0 Å². The summed E-state index contributed by atoms with van der Waals surface area (Å²) in [4.78, 5) is 6.03. The van der Waals surface area contributed by atoms with E-state index in [1.54, 1.807) is 38.3 Å². The number of allylic oxidation sites excluding steroid dienone is 1. The molecule has 0 spiro atoms. The highest BCUT2D eigenvalue weighted by Gasteiger charge is 2.08. The van der Waals surface area contributed by atoms with Crippen LogP contribution in [0.1, 0.15) is 13.8 Å². The van der Waals surface area contributed by atoms with E-state index in [4.69, 9.17) is 0 Å². The first-order valence-corrected chi connectivity index (χ1v) is 7.93. The zero-order valence-electron chi connectivity index (χ0n) is 12.3. The van der Waals surface area contributed by atoms with Gasteiger partial charge >= 0.3 is 0 Å². The standard InChI is InChI=1S/C14H21N3O2S/c1-5-6-11-20(18,19)16-13-7-9-14(10-8-13)17(4)12(2)15-3/h5-10,16H,11H2,1-4H3/b6-5+,15-12?. The molecule has 1 aromatic rings. The zero-order valence-corrected chi connectivity index (χ0v) is 13.1. The normalized spacial score (nSPS) is 12.7. The third-order valence-electron chi connectivity index (χ3n) is 2.89. The number of hydrogen-bond acceptors (Lipinski definition) is 3. The van der Waals surface area contributed by atoms with Crippen LogP contribution < -0.4 is 9.62 Å². The molecule has 1 aromatic carbocycles. The van der Waals surface area contributed by atoms with Gasteiger partial charge in [0.1, 0.15) is 0 Å². The monoisotopic (exact) mass is 295 g/mol. The maximum absolute atomic E-state index is 11.7. The van der Waals surface area contributed by atoms with Gasteiger partial charge in [0, 0.05) is 25.5 Å². The fourth-order valence-corrected chi connectivity index (χ4v) is 2.56. The van der Waals surface area contributed by atoms with Gasteiger partial charge < -0.3 is 4.90 Å². The van der Waals surface area contributed by atoms with Crippen LogP contribution in [0.2, 0.25) is 0 Å². The fourth-order valence-electron chi connectivity index (χ4n) is 1.53. The predicted molar refractivity (Wildman–Crippen MR) is 86.1 cm³/mol. The van der Waals surface area contributed by atoms with Gasteiger partial charge in [-0.3, -0.25) is 9.71 Å². The first-order valence-electron chi connectivity index (χ1n) is 6.28. The Bertz CT molecular complexity index is 589. The van der Waals surface area contributed by atoms with Gasteiger partial charge in [0.15, 0.2) is 0 Å². The maximum atomic E-state index is 11.7. The number of aliphatic imine (C=N–C) groups is 1. The Kier molecular flexibility index (Phi) is 5.76. The van der Waals surface area contributed by atoms with E-state index in [1.807, 2.05) is 31.0 Å². The number of nitrogens with zero attached hydrogens (tertiary/aromatic N) is 2. The first kappa shape index (κ1) is 16.2. The Morgan fingerprint density at radius 3 is 2.45 bits per heavy atom. The smallest absolute Gasteiger partial charge is 0.236 e. The van der Waals surface area contributed by atoms with Crippen LogP contribution in [0.15, 0.2) is 41.4 Å². The molecule has 0 saturated heterocycles. The van der Waals surface area contributed by atoms with Crippen molar-refractivity contribution in [2.45, 2.75) is 13.8 Å². The predicted octanol–water partition coefficient (Wildman–Crippen LogP) is 2.49. The van der Waals surface area contributed by atoms with Gasteiger partial charge in [-0.25, -0.2) is 8.42 Å². The van der Waals surface area contributed by atoms with Crippen LogP contribution in [0.25, 0.3) is 0 Å². The van der Waals surface area contributed by atoms with Gasteiger partial charge in [-0.15, -0.1) is 0 Å². The average molecular weight is 295 g/mol. The molecule has 110 valence electrons. The summed E-state index contributed by atoms with van der Waals surface area (Å²) < 4.78 is 26.0. The Morgan fingerprint density at radius 1 is 1.35 bits per heavy atom. The van der Waals surface area contributed by atoms with Crippen LogP contribution >= 0.6 is 0 Å². The maximum Gasteiger partial charge on any atom is 0.236 e. The molecule has 0 radical (unpaired) electrons. The van der Waals surface area contributed by atoms with Gasteiger partial charge in [-0.1, -0.05) is 12.2 Å². The molecule has 0 fully saturated rings. The molecule has 0 unspecified atom stereocenters. The summed E-state index contributed by atoms with van der Waals surface area (Å²) >= 11 is 0. The van der Waals surface area contributed by atoms with Crippen molar-refractivity contribution in [1.82, 2.24) is 0 Å². The number of amidine groups is 1. The van der Waals surface area contributed by atoms with E-state index in [1.165, 1.54) is 0 Å². The third-order valence-corrected chi connectivity index (χ3v) is 4.07. The first-order chi connectivity index (χ1) is 9.39. The summed E-state index contributed by atoms with van der Waals surface area (Å²) in [6.07, 6.45) is 3.32. The molecular formula is C14H21N3O2S. The van der Waals surface area contributed by atoms with Crippen molar-refractivity contribution < 1.29 is 8.42 Å². The Balaban J connectivity index is 2.82. The second-order valence-corrected chi connectivity index (χ2v) is 6.10. The highest BCUT2D eigenvalue weighted by Crippen LogP contribution is 2.18. The van der Waals surface area contributed by atoms with Crippen molar-refractivity contribution in [3.63, 3.8) is 0 Å². The number of anilines is 2. The SMILES string of the molecule is C/C=C/CS(=O)(=O)Nc1ccc(N(C)C(C)=NC)cc1. The highest BCUT2D eigenvalue weighted by atomic mass is 32.2. The van der Waals surface area contributed by atoms with Crippen molar-refractivity contribution in [2.24, 2.45) is 4.99 Å². The highest BCUT2D eigenvalue weighted by molar-refractivity contribution is 7.92. The van der Waals surface area contributed by atoms with E-state index < -0.39 is 10.0 Å². The second kappa shape index (κ2) is 7.09. The molecule has 20 heavy (non-hydrogen) atoms. The molecule has 0 saturated carbocycles. The van der Waals surface area contributed by atoms with Gasteiger partial charge in [-0.05, 0) is 38.1 Å². The van der Waals surface area contributed by atoms with Crippen molar-refractivity contribution in [1.29, 1.82) is 0 Å². The van der Waals surface area contributed by atoms with Crippen molar-refractivity contribution >= 4 is 27.2 Å². The van der Waals surface area contributed by atoms with Crippen LogP contribution in [0.4, 0.5) is 11.4 Å². The molecule has 0 aliphatic carbocycles. The van der Waals surface area contributed by atoms with Crippen molar-refractivity contribution in [2.75, 3.05) is 29.5 Å². The summed E-state index contributed by atoms with van der Waals surface area (Å²) in [5.74, 6) is 0.860. The molecule has 5 nitrogen and oxygen atoms in total. The number of hydrogen-bond donors (Lipinski definition) is 1. The Hall–Kier alpha value is -1.82. The van der Waals surface area contributed by atoms with Gasteiger partial charge in [0.2, 0.25) is 10.0 Å². The zero-order chi connectivity index (χ0) is 15.2. The number of nitrogens with one attached hydrogen (secondary N) is 1. The minimum Gasteiger partial charge on any atom is -0.334 e. The van der Waals surface area contributed by atoms with Crippen molar-refractivity contribution in [3.05, 3.63) is 36.4 Å². The van der Waals surface area contributed by atoms with Gasteiger partial charge in [0.25, 0.3) is 0 Å². The molecule has 0 aliphatic rings. The van der Waals surface area contributed by atoms with E-state index in [-0.39, 0.29) is 5.75 Å². The molecule has 0 heterocycles. The largest absolute Gasteiger partial charge is 0.334 e. The lowest BCUT2D eigenvalue weighted by Crippen LogP contribution is -2.23. The van der Waals surface area contributed by atoms with Crippen LogP contribution in [0, 0.1) is 0 Å². The van der Waals surface area contributed by atoms with E-state index in [0.29, 0.717) is 5.69 Å². The van der Waals surface area contributed by atoms with E-state index >= 15 is 0 Å². The number of rotatable bonds is 5. The summed E-state index contributed by atoms with van der Waals surface area (Å²) in [6, 6.07) is 7.17. The molecule has 1 N–H and O–H groups in total. The Labute approximate surface area is 121 Å². The summed E-state index contributed by atoms with van der Waals surface area (Å²) in [5, 5.41) is 0. The lowest BCUT2D eigenvalue weighted by molar-refractivity contribution is 0.604. The van der Waals surface area contributed by atoms with Gasteiger partial charge in [-0.2, -0.15) is 0 Å². The molecule has 0 bridgehead atoms. The molecule has 0 aliphatic heterocycles. The quantitative estimate of drug-likeness (QED) is 0.516. The lowest BCUT2D eigenvalue weighted by Gasteiger charge is -2.18. The molecule has 0 atom stereocenters. The molecule has 0 aromatic heterocycles. The topological polar surface area (TPSA) is 61.8 Å². The van der Waals surface area contributed by atoms with Crippen LogP contribution in [0.3, 0.4) is 0 Å². The molecule has 0 amide bonds. The Morgan fingerprint density at radius 2 is 1.95 bits per heavy atom. The third kappa shape index (κ3) is 4.70. The number of benzene rings is 1. The molecular weight excluding hydrogens is 274 g/mol. The molecule has 6 heteroatoms. The van der Waals surface area contributed by atoms with Crippen LogP contribution in [0.5, 0.6) is 0 Å². The van der Waals surface area contributed by atoms with Crippen molar-refractivity contribution in [3.8, 4) is 0 Å². The summed E-state index contributed by atoms with van der Waals surface area (Å²) in [5.41, 5.74) is 1.50. The lowest BCUT2D eigenvalue weighted by atomic mass is 10.2. The van der Waals surface area contributed by atoms with Gasteiger partial charge in [0.05, 0.1) is 11.6 Å². The average Bonchev–Trinajstić information content (AvgIpc) is 2.44. The number of sulfonamides is 1. The van der Waals surface area contributed by atoms with Crippen LogP contribution in [-0.4, -0.2) is 34.1 Å². The van der Waals surface area contributed by atoms with E-state index in [2.05, 4.69) is 9.71 Å². The fraction of sp³-hybridized carbons (Fsp3) is 0.357. The minimum absolute atomic E-state index is 0.0211. The molecule has 1 rings (SSSR count). The van der Waals surface area contributed by atoms with E-state index in [9.17, 15) is 8.42 Å². The summed E-state index contributed by atoms with van der Waals surface area (Å²) in [7, 11) is 0.317. The minimum atomic E-state index is -3.33. The summed E-state index contributed by atoms with van der Waals surface area (Å²) in [6.45, 7) is 3.70. The second-order valence-electron chi connectivity index (χ2n) is 4.33.